The molecule has 0 bridgehead atoms. The highest BCUT2D eigenvalue weighted by Gasteiger charge is 2.26. The van der Waals surface area contributed by atoms with Gasteiger partial charge in [0.05, 0.1) is 16.3 Å². The molecule has 0 radical (unpaired) electrons. The van der Waals surface area contributed by atoms with Crippen molar-refractivity contribution in [2.24, 2.45) is 0 Å². The Hall–Kier alpha value is -2.90. The largest absolute Gasteiger partial charge is 0.348 e. The summed E-state index contributed by atoms with van der Waals surface area (Å²) in [6, 6.07) is 21.5. The number of rotatable bonds is 8. The van der Waals surface area contributed by atoms with Crippen LogP contribution in [0.1, 0.15) is 39.8 Å². The number of hydrogen-bond donors (Lipinski definition) is 1. The van der Waals surface area contributed by atoms with Gasteiger partial charge in [-0.25, -0.2) is 4.98 Å². The van der Waals surface area contributed by atoms with Crippen molar-refractivity contribution in [3.8, 4) is 0 Å². The average Bonchev–Trinajstić information content (AvgIpc) is 3.34. The van der Waals surface area contributed by atoms with E-state index in [2.05, 4.69) is 22.4 Å². The normalized spacial score (nSPS) is 11.7. The molecular formula is C27H22Cl3N3O2S. The van der Waals surface area contributed by atoms with Crippen molar-refractivity contribution in [3.63, 3.8) is 0 Å². The maximum atomic E-state index is 13.6. The molecule has 0 fully saturated rings. The minimum atomic E-state index is -0.406. The third-order valence-electron chi connectivity index (χ3n) is 5.45. The molecule has 3 aromatic carbocycles. The molecule has 1 atom stereocenters. The molecule has 36 heavy (non-hydrogen) atoms. The van der Waals surface area contributed by atoms with Gasteiger partial charge in [0.1, 0.15) is 5.69 Å². The molecule has 184 valence electrons. The predicted molar refractivity (Wildman–Crippen MR) is 148 cm³/mol. The zero-order valence-electron chi connectivity index (χ0n) is 19.3. The second-order valence-electron chi connectivity index (χ2n) is 8.16. The monoisotopic (exact) mass is 557 g/mol. The van der Waals surface area contributed by atoms with Crippen LogP contribution >= 0.6 is 46.1 Å². The molecule has 1 N–H and O–H groups in total. The lowest BCUT2D eigenvalue weighted by Crippen LogP contribution is -2.33. The van der Waals surface area contributed by atoms with E-state index in [1.807, 2.05) is 25.1 Å². The second-order valence-corrected chi connectivity index (χ2v) is 10.3. The van der Waals surface area contributed by atoms with Crippen LogP contribution in [0.3, 0.4) is 0 Å². The topological polar surface area (TPSA) is 62.3 Å². The SMILES string of the molecule is CC(CCc1ccccc1)NC(=O)c1csc(N(C(=O)c2ccc(Cl)cc2Cl)c2ccc(Cl)cc2)n1. The van der Waals surface area contributed by atoms with E-state index < -0.39 is 5.91 Å². The molecule has 2 amide bonds. The number of benzene rings is 3. The van der Waals surface area contributed by atoms with Gasteiger partial charge in [0.25, 0.3) is 11.8 Å². The van der Waals surface area contributed by atoms with Gasteiger partial charge < -0.3 is 5.32 Å². The fourth-order valence-electron chi connectivity index (χ4n) is 3.56. The van der Waals surface area contributed by atoms with Crippen LogP contribution in [0.15, 0.2) is 78.2 Å². The standard InChI is InChI=1S/C27H22Cl3N3O2S/c1-17(7-8-18-5-3-2-4-6-18)31-25(34)24-16-36-27(32-24)33(21-12-9-19(28)10-13-21)26(35)22-14-11-20(29)15-23(22)30/h2-6,9-17H,7-8H2,1H3,(H,31,34). The van der Waals surface area contributed by atoms with Gasteiger partial charge in [-0.2, -0.15) is 0 Å². The maximum Gasteiger partial charge on any atom is 0.271 e. The van der Waals surface area contributed by atoms with E-state index in [0.29, 0.717) is 20.9 Å². The van der Waals surface area contributed by atoms with Crippen molar-refractivity contribution < 1.29 is 9.59 Å². The van der Waals surface area contributed by atoms with E-state index in [9.17, 15) is 9.59 Å². The summed E-state index contributed by atoms with van der Waals surface area (Å²) in [5, 5.41) is 6.12. The number of hydrogen-bond acceptors (Lipinski definition) is 4. The minimum Gasteiger partial charge on any atom is -0.348 e. The number of anilines is 2. The fourth-order valence-corrected chi connectivity index (χ4v) is 4.99. The van der Waals surface area contributed by atoms with Gasteiger partial charge in [0, 0.05) is 21.5 Å². The lowest BCUT2D eigenvalue weighted by molar-refractivity contribution is 0.0932. The first-order valence-corrected chi connectivity index (χ1v) is 13.2. The average molecular weight is 559 g/mol. The highest BCUT2D eigenvalue weighted by molar-refractivity contribution is 7.14. The molecule has 0 saturated carbocycles. The van der Waals surface area contributed by atoms with Crippen molar-refractivity contribution in [2.75, 3.05) is 4.90 Å². The summed E-state index contributed by atoms with van der Waals surface area (Å²) < 4.78 is 0. The highest BCUT2D eigenvalue weighted by Crippen LogP contribution is 2.33. The number of amides is 2. The van der Waals surface area contributed by atoms with E-state index >= 15 is 0 Å². The van der Waals surface area contributed by atoms with Gasteiger partial charge in [0.15, 0.2) is 5.13 Å². The summed E-state index contributed by atoms with van der Waals surface area (Å²) in [4.78, 5) is 32.4. The van der Waals surface area contributed by atoms with Crippen LogP contribution in [0.5, 0.6) is 0 Å². The summed E-state index contributed by atoms with van der Waals surface area (Å²) in [7, 11) is 0. The fraction of sp³-hybridized carbons (Fsp3) is 0.148. The number of thiazole rings is 1. The summed E-state index contributed by atoms with van der Waals surface area (Å²) in [6.07, 6.45) is 1.64. The Bertz CT molecular complexity index is 1360. The molecule has 9 heteroatoms. The number of aromatic nitrogens is 1. The summed E-state index contributed by atoms with van der Waals surface area (Å²) in [6.45, 7) is 1.96. The van der Waals surface area contributed by atoms with E-state index in [0.717, 1.165) is 12.8 Å². The molecule has 1 aromatic heterocycles. The minimum absolute atomic E-state index is 0.0512. The summed E-state index contributed by atoms with van der Waals surface area (Å²) >= 11 is 19.6. The number of nitrogens with zero attached hydrogens (tertiary/aromatic N) is 2. The van der Waals surface area contributed by atoms with E-state index in [1.165, 1.54) is 27.9 Å². The number of halogens is 3. The van der Waals surface area contributed by atoms with Crippen LogP contribution in [-0.2, 0) is 6.42 Å². The lowest BCUT2D eigenvalue weighted by atomic mass is 10.1. The van der Waals surface area contributed by atoms with Gasteiger partial charge in [-0.15, -0.1) is 11.3 Å². The molecular weight excluding hydrogens is 537 g/mol. The first-order chi connectivity index (χ1) is 17.3. The zero-order valence-corrected chi connectivity index (χ0v) is 22.3. The summed E-state index contributed by atoms with van der Waals surface area (Å²) in [5.41, 5.74) is 2.24. The second kappa shape index (κ2) is 11.9. The van der Waals surface area contributed by atoms with Gasteiger partial charge in [-0.3, -0.25) is 14.5 Å². The van der Waals surface area contributed by atoms with Crippen molar-refractivity contribution in [1.29, 1.82) is 0 Å². The molecule has 0 spiro atoms. The Morgan fingerprint density at radius 2 is 1.67 bits per heavy atom. The predicted octanol–water partition coefficient (Wildman–Crippen LogP) is 7.83. The number of nitrogens with one attached hydrogen (secondary N) is 1. The number of aryl methyl sites for hydroxylation is 1. The molecule has 4 aromatic rings. The number of carbonyl (C=O) groups excluding carboxylic acids is 2. The molecule has 0 saturated heterocycles. The zero-order chi connectivity index (χ0) is 25.7. The van der Waals surface area contributed by atoms with Gasteiger partial charge in [-0.05, 0) is 67.8 Å². The van der Waals surface area contributed by atoms with Crippen molar-refractivity contribution >= 4 is 68.8 Å². The van der Waals surface area contributed by atoms with Gasteiger partial charge in [0.2, 0.25) is 0 Å². The third kappa shape index (κ3) is 6.45. The van der Waals surface area contributed by atoms with Crippen molar-refractivity contribution in [2.45, 2.75) is 25.8 Å². The summed E-state index contributed by atoms with van der Waals surface area (Å²) in [5.74, 6) is -0.706. The smallest absolute Gasteiger partial charge is 0.271 e. The van der Waals surface area contributed by atoms with E-state index in [-0.39, 0.29) is 28.2 Å². The molecule has 1 heterocycles. The molecule has 0 aliphatic carbocycles. The number of carbonyl (C=O) groups is 2. The first kappa shape index (κ1) is 26.2. The van der Waals surface area contributed by atoms with Crippen LogP contribution in [0, 0.1) is 0 Å². The van der Waals surface area contributed by atoms with E-state index in [4.69, 9.17) is 34.8 Å². The van der Waals surface area contributed by atoms with E-state index in [1.54, 1.807) is 41.8 Å². The van der Waals surface area contributed by atoms with Crippen LogP contribution in [0.4, 0.5) is 10.8 Å². The van der Waals surface area contributed by atoms with Crippen molar-refractivity contribution in [1.82, 2.24) is 10.3 Å². The quantitative estimate of drug-likeness (QED) is 0.240. The maximum absolute atomic E-state index is 13.6. The molecule has 5 nitrogen and oxygen atoms in total. The Morgan fingerprint density at radius 1 is 0.972 bits per heavy atom. The Balaban J connectivity index is 1.54. The molecule has 4 rings (SSSR count). The first-order valence-electron chi connectivity index (χ1n) is 11.2. The lowest BCUT2D eigenvalue weighted by Gasteiger charge is -2.21. The Kier molecular flexibility index (Phi) is 8.64. The van der Waals surface area contributed by atoms with Gasteiger partial charge >= 0.3 is 0 Å². The third-order valence-corrected chi connectivity index (χ3v) is 7.08. The van der Waals surface area contributed by atoms with Crippen LogP contribution in [0.25, 0.3) is 0 Å². The van der Waals surface area contributed by atoms with Crippen LogP contribution in [-0.4, -0.2) is 22.8 Å². The Morgan fingerprint density at radius 3 is 2.36 bits per heavy atom. The van der Waals surface area contributed by atoms with Crippen LogP contribution < -0.4 is 10.2 Å². The molecule has 0 aliphatic heterocycles. The molecule has 0 aliphatic rings. The van der Waals surface area contributed by atoms with Crippen molar-refractivity contribution in [3.05, 3.63) is 110 Å². The van der Waals surface area contributed by atoms with Gasteiger partial charge in [-0.1, -0.05) is 65.1 Å². The van der Waals surface area contributed by atoms with Crippen LogP contribution in [0.2, 0.25) is 15.1 Å². The molecule has 1 unspecified atom stereocenters. The highest BCUT2D eigenvalue weighted by atomic mass is 35.5. The Labute approximate surface area is 228 Å².